The van der Waals surface area contributed by atoms with Gasteiger partial charge in [0.05, 0.1) is 18.2 Å². The number of nitrogens with zero attached hydrogens (tertiary/aromatic N) is 3. The molecule has 2 aliphatic rings. The van der Waals surface area contributed by atoms with Gasteiger partial charge in [0, 0.05) is 17.7 Å². The number of benzene rings is 3. The van der Waals surface area contributed by atoms with E-state index in [0.717, 1.165) is 23.3 Å². The van der Waals surface area contributed by atoms with Crippen molar-refractivity contribution in [3.63, 3.8) is 0 Å². The molecule has 0 spiro atoms. The number of fused-ring (bicyclic) bond motifs is 1. The summed E-state index contributed by atoms with van der Waals surface area (Å²) in [6.45, 7) is 6.57. The fourth-order valence-electron chi connectivity index (χ4n) is 5.25. The molecule has 4 aromatic rings. The number of ether oxygens (including phenoxy) is 2. The number of anilines is 1. The molecule has 1 fully saturated rings. The van der Waals surface area contributed by atoms with Crippen molar-refractivity contribution >= 4 is 45.7 Å². The van der Waals surface area contributed by atoms with E-state index in [1.54, 1.807) is 18.2 Å². The zero-order chi connectivity index (χ0) is 30.1. The van der Waals surface area contributed by atoms with Crippen molar-refractivity contribution in [1.29, 1.82) is 0 Å². The van der Waals surface area contributed by atoms with Crippen molar-refractivity contribution in [2.75, 3.05) is 11.5 Å². The number of rotatable bonds is 9. The first-order valence-electron chi connectivity index (χ1n) is 14.2. The van der Waals surface area contributed by atoms with Gasteiger partial charge >= 0.3 is 5.91 Å². The van der Waals surface area contributed by atoms with E-state index in [-0.39, 0.29) is 22.6 Å². The molecule has 0 aliphatic carbocycles. The van der Waals surface area contributed by atoms with E-state index in [0.29, 0.717) is 40.0 Å². The third-order valence-corrected chi connectivity index (χ3v) is 9.47. The maximum Gasteiger partial charge on any atom is 0.301 e. The van der Waals surface area contributed by atoms with Crippen LogP contribution in [-0.4, -0.2) is 39.7 Å². The third kappa shape index (κ3) is 5.89. The highest BCUT2D eigenvalue weighted by Gasteiger charge is 2.48. The standard InChI is InChI=1S/C33H31N3O5S2/c1-4-14-40-25-7-5-6-22(17-25)28-27(29(37)23-12-13-26-24(16-23)15-20(3)41-26)30(38)31(39)36(28)32-34-35-33(43-32)42-18-21-10-8-19(2)9-11-21/h5-13,16-17,20,28,37H,4,14-15,18H2,1-3H3/b29-27+/t20-,28+/m1/s1. The summed E-state index contributed by atoms with van der Waals surface area (Å²) in [5.74, 6) is 0.264. The lowest BCUT2D eigenvalue weighted by atomic mass is 9.94. The zero-order valence-electron chi connectivity index (χ0n) is 24.1. The Bertz CT molecular complexity index is 1720. The molecule has 10 heteroatoms. The van der Waals surface area contributed by atoms with E-state index in [2.05, 4.69) is 34.5 Å². The fourth-order valence-corrected chi connectivity index (χ4v) is 7.08. The predicted molar refractivity (Wildman–Crippen MR) is 168 cm³/mol. The van der Waals surface area contributed by atoms with E-state index < -0.39 is 17.7 Å². The van der Waals surface area contributed by atoms with E-state index in [9.17, 15) is 14.7 Å². The molecule has 3 aromatic carbocycles. The number of carbonyl (C=O) groups is 2. The van der Waals surface area contributed by atoms with Crippen LogP contribution in [0.2, 0.25) is 0 Å². The second kappa shape index (κ2) is 12.2. The highest BCUT2D eigenvalue weighted by Crippen LogP contribution is 2.45. The molecule has 6 rings (SSSR count). The van der Waals surface area contributed by atoms with Gasteiger partial charge in [0.1, 0.15) is 23.4 Å². The van der Waals surface area contributed by atoms with E-state index in [1.165, 1.54) is 33.6 Å². The first-order chi connectivity index (χ1) is 20.8. The van der Waals surface area contributed by atoms with Crippen molar-refractivity contribution < 1.29 is 24.2 Å². The summed E-state index contributed by atoms with van der Waals surface area (Å²) in [4.78, 5) is 28.7. The average molecular weight is 614 g/mol. The molecule has 3 heterocycles. The summed E-state index contributed by atoms with van der Waals surface area (Å²) in [5, 5.41) is 20.6. The minimum Gasteiger partial charge on any atom is -0.507 e. The number of aliphatic hydroxyl groups is 1. The number of aryl methyl sites for hydroxylation is 1. The number of thioether (sulfide) groups is 1. The summed E-state index contributed by atoms with van der Waals surface area (Å²) in [7, 11) is 0. The minimum absolute atomic E-state index is 0.00591. The Kier molecular flexibility index (Phi) is 8.23. The summed E-state index contributed by atoms with van der Waals surface area (Å²) in [5.41, 5.74) is 4.34. The molecule has 0 bridgehead atoms. The smallest absolute Gasteiger partial charge is 0.301 e. The highest BCUT2D eigenvalue weighted by atomic mass is 32.2. The molecule has 220 valence electrons. The van der Waals surface area contributed by atoms with Crippen LogP contribution in [0.4, 0.5) is 5.13 Å². The Balaban J connectivity index is 1.39. The van der Waals surface area contributed by atoms with Crippen molar-refractivity contribution in [1.82, 2.24) is 10.2 Å². The Hall–Kier alpha value is -4.15. The van der Waals surface area contributed by atoms with Crippen molar-refractivity contribution in [3.8, 4) is 11.5 Å². The molecule has 1 N–H and O–H groups in total. The molecular weight excluding hydrogens is 583 g/mol. The highest BCUT2D eigenvalue weighted by molar-refractivity contribution is 8.00. The van der Waals surface area contributed by atoms with Crippen LogP contribution in [0.25, 0.3) is 5.76 Å². The molecule has 0 radical (unpaired) electrons. The Morgan fingerprint density at radius 2 is 1.93 bits per heavy atom. The summed E-state index contributed by atoms with van der Waals surface area (Å²) < 4.78 is 12.4. The van der Waals surface area contributed by atoms with E-state index in [4.69, 9.17) is 9.47 Å². The number of hydrogen-bond donors (Lipinski definition) is 1. The average Bonchev–Trinajstić information content (AvgIpc) is 3.70. The van der Waals surface area contributed by atoms with Crippen molar-refractivity contribution in [2.24, 2.45) is 0 Å². The lowest BCUT2D eigenvalue weighted by Crippen LogP contribution is -2.29. The fraction of sp³-hybridized carbons (Fsp3) is 0.273. The number of aromatic nitrogens is 2. The number of aliphatic hydroxyl groups excluding tert-OH is 1. The van der Waals surface area contributed by atoms with Gasteiger partial charge in [-0.1, -0.05) is 72.0 Å². The van der Waals surface area contributed by atoms with Gasteiger partial charge in [-0.15, -0.1) is 10.2 Å². The van der Waals surface area contributed by atoms with Crippen LogP contribution in [0, 0.1) is 6.92 Å². The second-order valence-corrected chi connectivity index (χ2v) is 12.8. The molecule has 1 amide bonds. The van der Waals surface area contributed by atoms with E-state index >= 15 is 0 Å². The van der Waals surface area contributed by atoms with Crippen LogP contribution in [-0.2, 0) is 21.8 Å². The number of Topliss-reactive ketones (excluding diaryl/α,β-unsaturated/α-hetero) is 1. The quantitative estimate of drug-likeness (QED) is 0.0717. The monoisotopic (exact) mass is 613 g/mol. The lowest BCUT2D eigenvalue weighted by Gasteiger charge is -2.23. The predicted octanol–water partition coefficient (Wildman–Crippen LogP) is 6.88. The maximum atomic E-state index is 13.7. The molecule has 1 aromatic heterocycles. The Morgan fingerprint density at radius 1 is 1.12 bits per heavy atom. The zero-order valence-corrected chi connectivity index (χ0v) is 25.7. The number of ketones is 1. The van der Waals surface area contributed by atoms with Crippen LogP contribution in [0.3, 0.4) is 0 Å². The molecular formula is C33H31N3O5S2. The van der Waals surface area contributed by atoms with Gasteiger partial charge in [0.2, 0.25) is 5.13 Å². The second-order valence-electron chi connectivity index (χ2n) is 10.7. The van der Waals surface area contributed by atoms with Gasteiger partial charge in [0.15, 0.2) is 4.34 Å². The van der Waals surface area contributed by atoms with Gasteiger partial charge in [-0.25, -0.2) is 0 Å². The maximum absolute atomic E-state index is 13.7. The van der Waals surface area contributed by atoms with Gasteiger partial charge in [-0.2, -0.15) is 0 Å². The Labute approximate surface area is 258 Å². The SMILES string of the molecule is CCCOc1cccc([C@H]2/C(=C(\O)c3ccc4c(c3)C[C@@H](C)O4)C(=O)C(=O)N2c2nnc(SCc3ccc(C)cc3)s2)c1. The number of hydrogen-bond acceptors (Lipinski definition) is 9. The molecule has 2 aliphatic heterocycles. The molecule has 0 unspecified atom stereocenters. The normalized spacial score (nSPS) is 19.0. The lowest BCUT2D eigenvalue weighted by molar-refractivity contribution is -0.132. The third-order valence-electron chi connectivity index (χ3n) is 7.35. The van der Waals surface area contributed by atoms with Crippen LogP contribution in [0.1, 0.15) is 54.1 Å². The van der Waals surface area contributed by atoms with Crippen LogP contribution in [0.5, 0.6) is 11.5 Å². The molecule has 1 saturated heterocycles. The Morgan fingerprint density at radius 3 is 2.72 bits per heavy atom. The van der Waals surface area contributed by atoms with Crippen LogP contribution < -0.4 is 14.4 Å². The largest absolute Gasteiger partial charge is 0.507 e. The molecule has 0 saturated carbocycles. The van der Waals surface area contributed by atoms with Crippen molar-refractivity contribution in [3.05, 3.63) is 100 Å². The van der Waals surface area contributed by atoms with Crippen LogP contribution in [0.15, 0.2) is 76.6 Å². The van der Waals surface area contributed by atoms with Gasteiger partial charge in [-0.05, 0) is 67.3 Å². The van der Waals surface area contributed by atoms with Crippen molar-refractivity contribution in [2.45, 2.75) is 55.9 Å². The summed E-state index contributed by atoms with van der Waals surface area (Å²) in [6, 6.07) is 20.0. The summed E-state index contributed by atoms with van der Waals surface area (Å²) >= 11 is 2.76. The first-order valence-corrected chi connectivity index (χ1v) is 16.0. The van der Waals surface area contributed by atoms with Crippen LogP contribution >= 0.6 is 23.1 Å². The van der Waals surface area contributed by atoms with Gasteiger partial charge in [0.25, 0.3) is 5.78 Å². The summed E-state index contributed by atoms with van der Waals surface area (Å²) in [6.07, 6.45) is 1.55. The minimum atomic E-state index is -0.920. The topological polar surface area (TPSA) is 102 Å². The molecule has 2 atom stereocenters. The van der Waals surface area contributed by atoms with E-state index in [1.807, 2.05) is 45.0 Å². The van der Waals surface area contributed by atoms with Gasteiger partial charge in [-0.3, -0.25) is 14.5 Å². The first kappa shape index (κ1) is 28.9. The van der Waals surface area contributed by atoms with Gasteiger partial charge < -0.3 is 14.6 Å². The number of carbonyl (C=O) groups excluding carboxylic acids is 2. The molecule has 43 heavy (non-hydrogen) atoms. The molecule has 8 nitrogen and oxygen atoms in total. The number of amides is 1.